The van der Waals surface area contributed by atoms with Crippen molar-refractivity contribution in [2.24, 2.45) is 0 Å². The Morgan fingerprint density at radius 2 is 2.00 bits per heavy atom. The number of allylic oxidation sites excluding steroid dienone is 1. The third kappa shape index (κ3) is 3.04. The van der Waals surface area contributed by atoms with Crippen LogP contribution in [0.5, 0.6) is 0 Å². The van der Waals surface area contributed by atoms with E-state index in [0.29, 0.717) is 13.1 Å². The lowest BCUT2D eigenvalue weighted by atomic mass is 10.0. The van der Waals surface area contributed by atoms with Crippen molar-refractivity contribution in [2.45, 2.75) is 25.3 Å². The Labute approximate surface area is 97.1 Å². The zero-order valence-electron chi connectivity index (χ0n) is 9.35. The van der Waals surface area contributed by atoms with E-state index in [2.05, 4.69) is 22.2 Å². The molecular formula is C10H19N3O2S. The zero-order valence-corrected chi connectivity index (χ0v) is 10.2. The van der Waals surface area contributed by atoms with Crippen LogP contribution in [0.25, 0.3) is 0 Å². The van der Waals surface area contributed by atoms with Crippen molar-refractivity contribution in [3.8, 4) is 0 Å². The molecule has 1 unspecified atom stereocenters. The maximum Gasteiger partial charge on any atom is 0.279 e. The molecule has 2 rings (SSSR count). The quantitative estimate of drug-likeness (QED) is 0.679. The van der Waals surface area contributed by atoms with Gasteiger partial charge < -0.3 is 5.32 Å². The molecule has 92 valence electrons. The summed E-state index contributed by atoms with van der Waals surface area (Å²) in [5, 5.41) is 3.15. The minimum absolute atomic E-state index is 0.0740. The first-order valence-electron chi connectivity index (χ1n) is 5.81. The van der Waals surface area contributed by atoms with E-state index < -0.39 is 10.2 Å². The highest BCUT2D eigenvalue weighted by Crippen LogP contribution is 2.12. The number of nitrogens with zero attached hydrogens (tertiary/aromatic N) is 1. The number of hydrogen-bond acceptors (Lipinski definition) is 3. The van der Waals surface area contributed by atoms with Crippen molar-refractivity contribution in [3.63, 3.8) is 0 Å². The first-order valence-corrected chi connectivity index (χ1v) is 7.25. The molecule has 0 radical (unpaired) electrons. The summed E-state index contributed by atoms with van der Waals surface area (Å²) in [6.07, 6.45) is 6.84. The molecule has 1 fully saturated rings. The average Bonchev–Trinajstić information content (AvgIpc) is 2.31. The predicted molar refractivity (Wildman–Crippen MR) is 63.3 cm³/mol. The Hall–Kier alpha value is -0.430. The summed E-state index contributed by atoms with van der Waals surface area (Å²) >= 11 is 0. The molecule has 6 heteroatoms. The van der Waals surface area contributed by atoms with Gasteiger partial charge in [0.15, 0.2) is 0 Å². The van der Waals surface area contributed by atoms with E-state index in [-0.39, 0.29) is 6.04 Å². The van der Waals surface area contributed by atoms with E-state index in [4.69, 9.17) is 0 Å². The molecular weight excluding hydrogens is 226 g/mol. The normalized spacial score (nSPS) is 28.1. The zero-order chi connectivity index (χ0) is 11.4. The first-order chi connectivity index (χ1) is 7.68. The van der Waals surface area contributed by atoms with Gasteiger partial charge >= 0.3 is 0 Å². The van der Waals surface area contributed by atoms with E-state index in [1.165, 1.54) is 4.31 Å². The molecule has 1 heterocycles. The molecule has 0 aromatic heterocycles. The third-order valence-corrected chi connectivity index (χ3v) is 4.68. The van der Waals surface area contributed by atoms with Gasteiger partial charge in [0.1, 0.15) is 0 Å². The lowest BCUT2D eigenvalue weighted by Gasteiger charge is -2.29. The Bertz CT molecular complexity index is 347. The van der Waals surface area contributed by atoms with Crippen LogP contribution in [-0.4, -0.2) is 44.9 Å². The highest BCUT2D eigenvalue weighted by molar-refractivity contribution is 7.87. The lowest BCUT2D eigenvalue weighted by molar-refractivity contribution is 0.349. The monoisotopic (exact) mass is 245 g/mol. The lowest BCUT2D eigenvalue weighted by Crippen LogP contribution is -2.52. The Kier molecular flexibility index (Phi) is 3.96. The maximum absolute atomic E-state index is 12.0. The highest BCUT2D eigenvalue weighted by Gasteiger charge is 2.26. The van der Waals surface area contributed by atoms with Crippen LogP contribution in [0, 0.1) is 0 Å². The molecule has 0 amide bonds. The van der Waals surface area contributed by atoms with Crippen molar-refractivity contribution < 1.29 is 8.42 Å². The molecule has 2 N–H and O–H groups in total. The number of rotatable bonds is 3. The summed E-state index contributed by atoms with van der Waals surface area (Å²) < 4.78 is 28.3. The smallest absolute Gasteiger partial charge is 0.279 e. The number of piperazine rings is 1. The van der Waals surface area contributed by atoms with Crippen molar-refractivity contribution in [3.05, 3.63) is 12.2 Å². The average molecular weight is 245 g/mol. The van der Waals surface area contributed by atoms with Crippen LogP contribution >= 0.6 is 0 Å². The molecule has 16 heavy (non-hydrogen) atoms. The largest absolute Gasteiger partial charge is 0.314 e. The van der Waals surface area contributed by atoms with Gasteiger partial charge in [-0.2, -0.15) is 17.4 Å². The van der Waals surface area contributed by atoms with E-state index in [1.54, 1.807) is 0 Å². The van der Waals surface area contributed by atoms with Gasteiger partial charge in [-0.1, -0.05) is 12.2 Å². The third-order valence-electron chi connectivity index (χ3n) is 3.00. The fraction of sp³-hybridized carbons (Fsp3) is 0.800. The Balaban J connectivity index is 1.93. The summed E-state index contributed by atoms with van der Waals surface area (Å²) in [5.41, 5.74) is 0. The molecule has 0 spiro atoms. The van der Waals surface area contributed by atoms with Gasteiger partial charge in [0.05, 0.1) is 0 Å². The molecule has 1 atom stereocenters. The maximum atomic E-state index is 12.0. The van der Waals surface area contributed by atoms with Crippen LogP contribution in [0.1, 0.15) is 19.3 Å². The second kappa shape index (κ2) is 5.27. The van der Waals surface area contributed by atoms with E-state index in [1.807, 2.05) is 0 Å². The van der Waals surface area contributed by atoms with Gasteiger partial charge in [-0.05, 0) is 19.3 Å². The van der Waals surface area contributed by atoms with Gasteiger partial charge in [-0.25, -0.2) is 0 Å². The summed E-state index contributed by atoms with van der Waals surface area (Å²) in [6, 6.07) is 0.0740. The highest BCUT2D eigenvalue weighted by atomic mass is 32.2. The van der Waals surface area contributed by atoms with Crippen molar-refractivity contribution in [1.29, 1.82) is 0 Å². The molecule has 5 nitrogen and oxygen atoms in total. The molecule has 2 aliphatic rings. The van der Waals surface area contributed by atoms with Gasteiger partial charge in [0, 0.05) is 32.2 Å². The van der Waals surface area contributed by atoms with Crippen molar-refractivity contribution >= 4 is 10.2 Å². The van der Waals surface area contributed by atoms with Crippen molar-refractivity contribution in [1.82, 2.24) is 14.3 Å². The van der Waals surface area contributed by atoms with Gasteiger partial charge in [0.2, 0.25) is 0 Å². The van der Waals surface area contributed by atoms with Gasteiger partial charge in [-0.3, -0.25) is 0 Å². The Morgan fingerprint density at radius 1 is 1.25 bits per heavy atom. The van der Waals surface area contributed by atoms with Gasteiger partial charge in [-0.15, -0.1) is 0 Å². The standard InChI is InChI=1S/C10H19N3O2S/c14-16(15,13-8-6-11-7-9-13)12-10-4-2-1-3-5-10/h1-2,10-12H,3-9H2. The van der Waals surface area contributed by atoms with Crippen molar-refractivity contribution in [2.75, 3.05) is 26.2 Å². The SMILES string of the molecule is O=S(=O)(NC1CC=CCC1)N1CCNCC1. The van der Waals surface area contributed by atoms with E-state index >= 15 is 0 Å². The van der Waals surface area contributed by atoms with Crippen LogP contribution in [0.3, 0.4) is 0 Å². The first kappa shape index (κ1) is 12.0. The minimum Gasteiger partial charge on any atom is -0.314 e. The van der Waals surface area contributed by atoms with Crippen LogP contribution < -0.4 is 10.0 Å². The molecule has 0 aromatic rings. The van der Waals surface area contributed by atoms with Gasteiger partial charge in [0.25, 0.3) is 10.2 Å². The van der Waals surface area contributed by atoms with Crippen LogP contribution in [0.4, 0.5) is 0 Å². The fourth-order valence-corrected chi connectivity index (χ4v) is 3.52. The molecule has 1 aliphatic carbocycles. The number of hydrogen-bond donors (Lipinski definition) is 2. The summed E-state index contributed by atoms with van der Waals surface area (Å²) in [6.45, 7) is 2.62. The number of nitrogens with one attached hydrogen (secondary N) is 2. The molecule has 0 aromatic carbocycles. The molecule has 1 saturated heterocycles. The molecule has 0 bridgehead atoms. The minimum atomic E-state index is -3.27. The summed E-state index contributed by atoms with van der Waals surface area (Å²) in [5.74, 6) is 0. The summed E-state index contributed by atoms with van der Waals surface area (Å²) in [4.78, 5) is 0. The van der Waals surface area contributed by atoms with Crippen LogP contribution in [-0.2, 0) is 10.2 Å². The fourth-order valence-electron chi connectivity index (χ4n) is 2.07. The molecule has 0 saturated carbocycles. The second-order valence-corrected chi connectivity index (χ2v) is 5.96. The van der Waals surface area contributed by atoms with E-state index in [0.717, 1.165) is 32.4 Å². The topological polar surface area (TPSA) is 61.4 Å². The van der Waals surface area contributed by atoms with E-state index in [9.17, 15) is 8.42 Å². The summed E-state index contributed by atoms with van der Waals surface area (Å²) in [7, 11) is -3.27. The second-order valence-electron chi connectivity index (χ2n) is 4.25. The van der Waals surface area contributed by atoms with Crippen LogP contribution in [0.15, 0.2) is 12.2 Å². The predicted octanol–water partition coefficient (Wildman–Crippen LogP) is -0.165. The van der Waals surface area contributed by atoms with Crippen LogP contribution in [0.2, 0.25) is 0 Å². The molecule has 1 aliphatic heterocycles. The Morgan fingerprint density at radius 3 is 2.62 bits per heavy atom.